The van der Waals surface area contributed by atoms with E-state index in [2.05, 4.69) is 13.0 Å². The van der Waals surface area contributed by atoms with Crippen LogP contribution in [-0.4, -0.2) is 13.1 Å². The summed E-state index contributed by atoms with van der Waals surface area (Å²) in [4.78, 5) is 0. The zero-order chi connectivity index (χ0) is 12.0. The number of rotatable bonds is 6. The van der Waals surface area contributed by atoms with E-state index in [0.717, 1.165) is 17.9 Å². The average Bonchev–Trinajstić information content (AvgIpc) is 2.32. The predicted octanol–water partition coefficient (Wildman–Crippen LogP) is 2.76. The van der Waals surface area contributed by atoms with Gasteiger partial charge in [-0.1, -0.05) is 36.7 Å². The van der Waals surface area contributed by atoms with Crippen molar-refractivity contribution in [2.75, 3.05) is 13.1 Å². The summed E-state index contributed by atoms with van der Waals surface area (Å²) in [6.45, 7) is 3.48. The Balaban J connectivity index is 2.78. The Kier molecular flexibility index (Phi) is 5.81. The Bertz CT molecular complexity index is 311. The topological polar surface area (TPSA) is 52.0 Å². The second-order valence-electron chi connectivity index (χ2n) is 4.20. The normalized spacial score (nSPS) is 13.1. The quantitative estimate of drug-likeness (QED) is 0.804. The zero-order valence-electron chi connectivity index (χ0n) is 9.83. The molecular weight excluding hydrogens is 220 g/mol. The largest absolute Gasteiger partial charge is 0.330 e. The second kappa shape index (κ2) is 6.89. The fourth-order valence-corrected chi connectivity index (χ4v) is 2.30. The first kappa shape index (κ1) is 13.5. The molecule has 0 amide bonds. The van der Waals surface area contributed by atoms with Crippen molar-refractivity contribution in [3.8, 4) is 0 Å². The number of halogens is 1. The van der Waals surface area contributed by atoms with Crippen molar-refractivity contribution in [3.05, 3.63) is 34.9 Å². The molecule has 0 fully saturated rings. The highest BCUT2D eigenvalue weighted by molar-refractivity contribution is 6.31. The van der Waals surface area contributed by atoms with Crippen LogP contribution in [-0.2, 0) is 0 Å². The first-order chi connectivity index (χ1) is 7.72. The van der Waals surface area contributed by atoms with Crippen LogP contribution in [0.2, 0.25) is 5.02 Å². The SMILES string of the molecule is CCC(CC(CN)CN)c1ccccc1Cl. The lowest BCUT2D eigenvalue weighted by Gasteiger charge is -2.21. The third kappa shape index (κ3) is 3.48. The first-order valence-electron chi connectivity index (χ1n) is 5.87. The van der Waals surface area contributed by atoms with Gasteiger partial charge < -0.3 is 11.5 Å². The van der Waals surface area contributed by atoms with E-state index in [9.17, 15) is 0 Å². The van der Waals surface area contributed by atoms with Gasteiger partial charge in [0.15, 0.2) is 0 Å². The van der Waals surface area contributed by atoms with Crippen LogP contribution < -0.4 is 11.5 Å². The van der Waals surface area contributed by atoms with E-state index in [1.54, 1.807) is 0 Å². The fraction of sp³-hybridized carbons (Fsp3) is 0.538. The fourth-order valence-electron chi connectivity index (χ4n) is 2.01. The highest BCUT2D eigenvalue weighted by atomic mass is 35.5. The van der Waals surface area contributed by atoms with Gasteiger partial charge in [0.25, 0.3) is 0 Å². The molecular formula is C13H21ClN2. The third-order valence-electron chi connectivity index (χ3n) is 3.12. The highest BCUT2D eigenvalue weighted by Gasteiger charge is 2.16. The molecule has 1 aromatic rings. The van der Waals surface area contributed by atoms with Crippen molar-refractivity contribution in [2.45, 2.75) is 25.7 Å². The molecule has 16 heavy (non-hydrogen) atoms. The van der Waals surface area contributed by atoms with Crippen LogP contribution in [0.1, 0.15) is 31.2 Å². The summed E-state index contributed by atoms with van der Waals surface area (Å²) < 4.78 is 0. The van der Waals surface area contributed by atoms with Crippen molar-refractivity contribution in [1.82, 2.24) is 0 Å². The lowest BCUT2D eigenvalue weighted by Crippen LogP contribution is -2.25. The molecule has 0 bridgehead atoms. The van der Waals surface area contributed by atoms with Crippen LogP contribution in [0.5, 0.6) is 0 Å². The van der Waals surface area contributed by atoms with E-state index in [-0.39, 0.29) is 0 Å². The van der Waals surface area contributed by atoms with Gasteiger partial charge in [0.05, 0.1) is 0 Å². The summed E-state index contributed by atoms with van der Waals surface area (Å²) in [5.74, 6) is 0.854. The van der Waals surface area contributed by atoms with E-state index in [4.69, 9.17) is 23.1 Å². The maximum absolute atomic E-state index is 6.21. The first-order valence-corrected chi connectivity index (χ1v) is 6.25. The van der Waals surface area contributed by atoms with Crippen molar-refractivity contribution in [2.24, 2.45) is 17.4 Å². The Morgan fingerprint density at radius 3 is 2.31 bits per heavy atom. The molecule has 90 valence electrons. The number of hydrogen-bond acceptors (Lipinski definition) is 2. The van der Waals surface area contributed by atoms with E-state index < -0.39 is 0 Å². The van der Waals surface area contributed by atoms with Crippen molar-refractivity contribution in [1.29, 1.82) is 0 Å². The van der Waals surface area contributed by atoms with Gasteiger partial charge in [-0.25, -0.2) is 0 Å². The molecule has 0 saturated carbocycles. The minimum atomic E-state index is 0.390. The summed E-state index contributed by atoms with van der Waals surface area (Å²) >= 11 is 6.21. The molecule has 2 nitrogen and oxygen atoms in total. The molecule has 0 radical (unpaired) electrons. The maximum Gasteiger partial charge on any atom is 0.0440 e. The second-order valence-corrected chi connectivity index (χ2v) is 4.61. The molecule has 1 aromatic carbocycles. The number of nitrogens with two attached hydrogens (primary N) is 2. The molecule has 1 atom stereocenters. The molecule has 1 unspecified atom stereocenters. The smallest absolute Gasteiger partial charge is 0.0440 e. The monoisotopic (exact) mass is 240 g/mol. The average molecular weight is 241 g/mol. The third-order valence-corrected chi connectivity index (χ3v) is 3.47. The van der Waals surface area contributed by atoms with Gasteiger partial charge in [0.1, 0.15) is 0 Å². The highest BCUT2D eigenvalue weighted by Crippen LogP contribution is 2.31. The van der Waals surface area contributed by atoms with E-state index in [0.29, 0.717) is 24.9 Å². The van der Waals surface area contributed by atoms with Crippen LogP contribution in [0.25, 0.3) is 0 Å². The predicted molar refractivity (Wildman–Crippen MR) is 70.7 cm³/mol. The minimum Gasteiger partial charge on any atom is -0.330 e. The summed E-state index contributed by atoms with van der Waals surface area (Å²) in [6, 6.07) is 8.03. The molecule has 0 spiro atoms. The van der Waals surface area contributed by atoms with Crippen LogP contribution >= 0.6 is 11.6 Å². The molecule has 0 aliphatic heterocycles. The number of benzene rings is 1. The van der Waals surface area contributed by atoms with Crippen molar-refractivity contribution >= 4 is 11.6 Å². The van der Waals surface area contributed by atoms with Gasteiger partial charge in [0.2, 0.25) is 0 Å². The molecule has 0 saturated heterocycles. The van der Waals surface area contributed by atoms with Crippen LogP contribution in [0.15, 0.2) is 24.3 Å². The zero-order valence-corrected chi connectivity index (χ0v) is 10.6. The van der Waals surface area contributed by atoms with E-state index in [1.807, 2.05) is 18.2 Å². The maximum atomic E-state index is 6.21. The van der Waals surface area contributed by atoms with Gasteiger partial charge in [0, 0.05) is 5.02 Å². The van der Waals surface area contributed by atoms with E-state index >= 15 is 0 Å². The van der Waals surface area contributed by atoms with Gasteiger partial charge >= 0.3 is 0 Å². The molecule has 4 N–H and O–H groups in total. The summed E-state index contributed by atoms with van der Waals surface area (Å²) in [5.41, 5.74) is 12.6. The molecule has 0 aliphatic carbocycles. The molecule has 3 heteroatoms. The van der Waals surface area contributed by atoms with Crippen LogP contribution in [0.4, 0.5) is 0 Å². The number of hydrogen-bond donors (Lipinski definition) is 2. The van der Waals surface area contributed by atoms with Gasteiger partial charge in [-0.15, -0.1) is 0 Å². The standard InChI is InChI=1S/C13H21ClN2/c1-2-11(7-10(8-15)9-16)12-5-3-4-6-13(12)14/h3-6,10-11H,2,7-9,15-16H2,1H3. The molecule has 0 heterocycles. The summed E-state index contributed by atoms with van der Waals surface area (Å²) in [7, 11) is 0. The van der Waals surface area contributed by atoms with Crippen molar-refractivity contribution < 1.29 is 0 Å². The minimum absolute atomic E-state index is 0.390. The molecule has 0 aromatic heterocycles. The van der Waals surface area contributed by atoms with Gasteiger partial charge in [-0.3, -0.25) is 0 Å². The molecule has 1 rings (SSSR count). The molecule has 0 aliphatic rings. The Hall–Kier alpha value is -0.570. The summed E-state index contributed by atoms with van der Waals surface area (Å²) in [6.07, 6.45) is 2.09. The van der Waals surface area contributed by atoms with Crippen LogP contribution in [0.3, 0.4) is 0 Å². The Morgan fingerprint density at radius 1 is 1.19 bits per heavy atom. The van der Waals surface area contributed by atoms with Gasteiger partial charge in [-0.2, -0.15) is 0 Å². The Labute approximate surface area is 103 Å². The Morgan fingerprint density at radius 2 is 1.81 bits per heavy atom. The van der Waals surface area contributed by atoms with E-state index in [1.165, 1.54) is 5.56 Å². The van der Waals surface area contributed by atoms with Gasteiger partial charge in [-0.05, 0) is 49.4 Å². The van der Waals surface area contributed by atoms with Crippen LogP contribution in [0, 0.1) is 5.92 Å². The summed E-state index contributed by atoms with van der Waals surface area (Å²) in [5, 5.41) is 0.849. The lowest BCUT2D eigenvalue weighted by atomic mass is 9.87. The van der Waals surface area contributed by atoms with Crippen molar-refractivity contribution in [3.63, 3.8) is 0 Å². The lowest BCUT2D eigenvalue weighted by molar-refractivity contribution is 0.442.